The van der Waals surface area contributed by atoms with E-state index in [0.717, 1.165) is 28.2 Å². The molecule has 4 atom stereocenters. The molecule has 4 heterocycles. The van der Waals surface area contributed by atoms with Crippen LogP contribution in [0.5, 0.6) is 11.5 Å². The highest BCUT2D eigenvalue weighted by Crippen LogP contribution is 2.49. The van der Waals surface area contributed by atoms with Gasteiger partial charge in [0, 0.05) is 14.1 Å². The quantitative estimate of drug-likeness (QED) is 0.129. The minimum Gasteiger partial charge on any atom is -0.497 e. The normalized spacial score (nSPS) is 22.3. The molecule has 242 valence electrons. The fourth-order valence-corrected chi connectivity index (χ4v) is 6.28. The van der Waals surface area contributed by atoms with Crippen molar-refractivity contribution in [2.75, 3.05) is 41.5 Å². The summed E-state index contributed by atoms with van der Waals surface area (Å²) >= 11 is 0. The Morgan fingerprint density at radius 3 is 2.21 bits per heavy atom. The van der Waals surface area contributed by atoms with Crippen LogP contribution in [0, 0.1) is 0 Å². The van der Waals surface area contributed by atoms with Gasteiger partial charge < -0.3 is 33.7 Å². The van der Waals surface area contributed by atoms with E-state index >= 15 is 0 Å². The first kappa shape index (κ1) is 30.8. The molecule has 2 aliphatic rings. The van der Waals surface area contributed by atoms with Crippen LogP contribution in [0.3, 0.4) is 0 Å². The van der Waals surface area contributed by atoms with Crippen molar-refractivity contribution in [2.24, 2.45) is 4.99 Å². The van der Waals surface area contributed by atoms with Gasteiger partial charge in [-0.1, -0.05) is 54.6 Å². The van der Waals surface area contributed by atoms with Gasteiger partial charge in [0.15, 0.2) is 11.9 Å². The number of hydrogen-bond acceptors (Lipinski definition) is 10. The second-order valence-electron chi connectivity index (χ2n) is 11.8. The van der Waals surface area contributed by atoms with Gasteiger partial charge in [-0.05, 0) is 41.0 Å². The van der Waals surface area contributed by atoms with Gasteiger partial charge >= 0.3 is 0 Å². The number of imidazole rings is 1. The molecule has 7 rings (SSSR count). The van der Waals surface area contributed by atoms with Crippen LogP contribution in [0.4, 0.5) is 5.95 Å². The predicted octanol–water partition coefficient (Wildman–Crippen LogP) is 4.10. The summed E-state index contributed by atoms with van der Waals surface area (Å²) in [6.45, 7) is 0.152. The summed E-state index contributed by atoms with van der Waals surface area (Å²) in [7, 11) is 7.01. The van der Waals surface area contributed by atoms with Crippen LogP contribution < -0.4 is 9.47 Å². The zero-order valence-electron chi connectivity index (χ0n) is 26.6. The summed E-state index contributed by atoms with van der Waals surface area (Å²) in [6, 6.07) is 25.6. The van der Waals surface area contributed by atoms with Crippen molar-refractivity contribution in [3.63, 3.8) is 0 Å². The lowest BCUT2D eigenvalue weighted by Gasteiger charge is -2.39. The van der Waals surface area contributed by atoms with Gasteiger partial charge in [0.2, 0.25) is 0 Å². The number of fused-ring (bicyclic) bond motifs is 3. The van der Waals surface area contributed by atoms with Gasteiger partial charge in [0.25, 0.3) is 5.95 Å². The summed E-state index contributed by atoms with van der Waals surface area (Å²) in [5.74, 6) is 1.73. The number of rotatable bonds is 11. The lowest BCUT2D eigenvalue weighted by molar-refractivity contribution is -0.202. The van der Waals surface area contributed by atoms with Gasteiger partial charge in [0.1, 0.15) is 40.4 Å². The second-order valence-corrected chi connectivity index (χ2v) is 11.8. The van der Waals surface area contributed by atoms with Crippen molar-refractivity contribution in [3.05, 3.63) is 108 Å². The van der Waals surface area contributed by atoms with Crippen LogP contribution in [0.1, 0.15) is 22.9 Å². The van der Waals surface area contributed by atoms with E-state index in [4.69, 9.17) is 23.7 Å². The predicted molar refractivity (Wildman–Crippen MR) is 174 cm³/mol. The number of aliphatic hydroxyl groups is 1. The molecule has 0 saturated carbocycles. The zero-order valence-corrected chi connectivity index (χ0v) is 26.6. The molecule has 0 unspecified atom stereocenters. The molecule has 0 aliphatic carbocycles. The topological polar surface area (TPSA) is 126 Å². The SMILES string of the molecule is COc1ccc(C(OC[C@@]23CO[C@@H]([C@H](n4cnc5cnc(/N=C/N(C)C)nc54)O2)[C@@H]3O)(c2ccccc2)c2ccc(OC)cc2)cc1. The van der Waals surface area contributed by atoms with Gasteiger partial charge in [-0.3, -0.25) is 4.57 Å². The van der Waals surface area contributed by atoms with E-state index in [0.29, 0.717) is 11.2 Å². The molecule has 2 saturated heterocycles. The van der Waals surface area contributed by atoms with Crippen LogP contribution in [0.2, 0.25) is 0 Å². The molecular weight excluding hydrogens is 600 g/mol. The average molecular weight is 637 g/mol. The van der Waals surface area contributed by atoms with Crippen LogP contribution in [-0.2, 0) is 19.8 Å². The smallest absolute Gasteiger partial charge is 0.252 e. The Kier molecular flexibility index (Phi) is 8.10. The van der Waals surface area contributed by atoms with Gasteiger partial charge in [0.05, 0.1) is 46.3 Å². The average Bonchev–Trinajstić information content (AvgIpc) is 3.76. The number of aliphatic hydroxyl groups excluding tert-OH is 1. The van der Waals surface area contributed by atoms with E-state index in [2.05, 4.69) is 19.9 Å². The van der Waals surface area contributed by atoms with Crippen LogP contribution in [0.15, 0.2) is 96.4 Å². The molecule has 47 heavy (non-hydrogen) atoms. The van der Waals surface area contributed by atoms with Gasteiger partial charge in [-0.25, -0.2) is 15.0 Å². The highest BCUT2D eigenvalue weighted by molar-refractivity contribution is 5.71. The highest BCUT2D eigenvalue weighted by Gasteiger charge is 2.63. The van der Waals surface area contributed by atoms with Crippen LogP contribution in [0.25, 0.3) is 11.2 Å². The molecule has 2 bridgehead atoms. The largest absolute Gasteiger partial charge is 0.497 e. The Morgan fingerprint density at radius 2 is 1.60 bits per heavy atom. The highest BCUT2D eigenvalue weighted by atomic mass is 16.7. The Hall–Kier alpha value is -4.88. The van der Waals surface area contributed by atoms with Crippen molar-refractivity contribution < 1.29 is 28.8 Å². The number of hydrogen-bond donors (Lipinski definition) is 1. The minimum absolute atomic E-state index is 0.00805. The second kappa shape index (κ2) is 12.4. The van der Waals surface area contributed by atoms with Crippen LogP contribution >= 0.6 is 0 Å². The maximum absolute atomic E-state index is 11.7. The molecular formula is C35H36N6O6. The maximum Gasteiger partial charge on any atom is 0.252 e. The van der Waals surface area contributed by atoms with E-state index in [1.54, 1.807) is 42.5 Å². The fourth-order valence-electron chi connectivity index (χ4n) is 6.28. The standard InChI is InChI=1S/C35H36N6O6/c1-40(2)21-38-33-36-18-28-31(39-33)41(22-37-28)32-29-30(42)34(47-32,19-45-29)20-46-35(23-8-6-5-7-9-23,24-10-14-26(43-3)15-11-24)25-12-16-27(44-4)17-13-25/h5-18,21-22,29-30,32,42H,19-20H2,1-4H3/b38-21+/t29-,30+,32-,34-/m1/s1. The summed E-state index contributed by atoms with van der Waals surface area (Å²) in [5.41, 5.74) is 1.45. The number of benzene rings is 3. The number of ether oxygens (including phenoxy) is 5. The van der Waals surface area contributed by atoms with Crippen molar-refractivity contribution >= 4 is 23.5 Å². The first-order valence-electron chi connectivity index (χ1n) is 15.2. The van der Waals surface area contributed by atoms with E-state index in [1.807, 2.05) is 93.0 Å². The van der Waals surface area contributed by atoms with Gasteiger partial charge in [-0.15, -0.1) is 0 Å². The number of nitrogens with zero attached hydrogens (tertiary/aromatic N) is 6. The number of aromatic nitrogens is 4. The third-order valence-corrected chi connectivity index (χ3v) is 8.69. The van der Waals surface area contributed by atoms with Crippen LogP contribution in [-0.4, -0.2) is 95.2 Å². The van der Waals surface area contributed by atoms with E-state index in [9.17, 15) is 5.11 Å². The summed E-state index contributed by atoms with van der Waals surface area (Å²) in [4.78, 5) is 19.5. The Balaban J connectivity index is 1.27. The molecule has 0 amide bonds. The van der Waals surface area contributed by atoms with Crippen molar-refractivity contribution in [3.8, 4) is 11.5 Å². The first-order valence-corrected chi connectivity index (χ1v) is 15.2. The van der Waals surface area contributed by atoms with E-state index in [1.165, 1.54) is 0 Å². The number of aliphatic imine (C=N–C) groups is 1. The Bertz CT molecular complexity index is 1820. The molecule has 1 N–H and O–H groups in total. The molecule has 5 aromatic rings. The van der Waals surface area contributed by atoms with E-state index < -0.39 is 29.6 Å². The third kappa shape index (κ3) is 5.38. The minimum atomic E-state index is -1.18. The Labute approximate surface area is 272 Å². The molecule has 2 fully saturated rings. The molecule has 12 nitrogen and oxygen atoms in total. The van der Waals surface area contributed by atoms with E-state index in [-0.39, 0.29) is 19.2 Å². The molecule has 2 aliphatic heterocycles. The fraction of sp³-hybridized carbons (Fsp3) is 0.314. The van der Waals surface area contributed by atoms with Crippen molar-refractivity contribution in [1.29, 1.82) is 0 Å². The monoisotopic (exact) mass is 636 g/mol. The molecule has 2 aromatic heterocycles. The lowest BCUT2D eigenvalue weighted by Crippen LogP contribution is -2.48. The first-order chi connectivity index (χ1) is 22.9. The maximum atomic E-state index is 11.7. The zero-order chi connectivity index (χ0) is 32.6. The summed E-state index contributed by atoms with van der Waals surface area (Å²) in [6.07, 6.45) is 2.49. The van der Waals surface area contributed by atoms with Crippen molar-refractivity contribution in [1.82, 2.24) is 24.4 Å². The third-order valence-electron chi connectivity index (χ3n) is 8.69. The molecule has 12 heteroatoms. The van der Waals surface area contributed by atoms with Gasteiger partial charge in [-0.2, -0.15) is 4.98 Å². The lowest BCUT2D eigenvalue weighted by atomic mass is 9.79. The molecule has 0 spiro atoms. The summed E-state index contributed by atoms with van der Waals surface area (Å²) < 4.78 is 32.7. The molecule has 3 aromatic carbocycles. The molecule has 0 radical (unpaired) electrons. The Morgan fingerprint density at radius 1 is 0.957 bits per heavy atom. The number of methoxy groups -OCH3 is 2. The summed E-state index contributed by atoms with van der Waals surface area (Å²) in [5, 5.41) is 11.7. The van der Waals surface area contributed by atoms with Crippen molar-refractivity contribution in [2.45, 2.75) is 29.6 Å².